The van der Waals surface area contributed by atoms with Crippen molar-refractivity contribution < 1.29 is 0 Å². The fourth-order valence-electron chi connectivity index (χ4n) is 3.30. The van der Waals surface area contributed by atoms with Gasteiger partial charge in [0.05, 0.1) is 0 Å². The van der Waals surface area contributed by atoms with Crippen LogP contribution in [0.1, 0.15) is 73.1 Å². The number of nitrogens with one attached hydrogen (secondary N) is 1. The third-order valence-corrected chi connectivity index (χ3v) is 5.14. The molecule has 0 aromatic heterocycles. The monoisotopic (exact) mass is 253 g/mol. The Balaban J connectivity index is 2.45. The van der Waals surface area contributed by atoms with Gasteiger partial charge in [0.15, 0.2) is 0 Å². The summed E-state index contributed by atoms with van der Waals surface area (Å²) in [7, 11) is 2.11. The van der Waals surface area contributed by atoms with Crippen LogP contribution in [0.25, 0.3) is 0 Å². The molecule has 108 valence electrons. The van der Waals surface area contributed by atoms with Gasteiger partial charge in [0.2, 0.25) is 0 Å². The lowest BCUT2D eigenvalue weighted by atomic mass is 9.67. The Labute approximate surface area is 115 Å². The van der Waals surface area contributed by atoms with Gasteiger partial charge in [-0.3, -0.25) is 0 Å². The third kappa shape index (κ3) is 4.91. The van der Waals surface area contributed by atoms with Gasteiger partial charge in [0, 0.05) is 6.04 Å². The fraction of sp³-hybridized carbons (Fsp3) is 1.00. The van der Waals surface area contributed by atoms with E-state index in [1.165, 1.54) is 38.5 Å². The van der Waals surface area contributed by atoms with E-state index in [1.807, 2.05) is 0 Å². The molecule has 1 aliphatic rings. The van der Waals surface area contributed by atoms with Crippen molar-refractivity contribution in [2.45, 2.75) is 79.2 Å². The molecule has 0 aliphatic heterocycles. The summed E-state index contributed by atoms with van der Waals surface area (Å²) in [5, 5.41) is 3.45. The van der Waals surface area contributed by atoms with E-state index in [1.54, 1.807) is 0 Å². The normalized spacial score (nSPS) is 22.3. The quantitative estimate of drug-likeness (QED) is 0.683. The molecule has 0 radical (unpaired) electrons. The standard InChI is InChI=1S/C17H35N/c1-13(14(2)18-6)16(15-9-7-10-15)11-8-12-17(3,4)5/h13-16,18H,7-12H2,1-6H3. The second-order valence-corrected chi connectivity index (χ2v) is 7.74. The van der Waals surface area contributed by atoms with E-state index in [-0.39, 0.29) is 0 Å². The summed E-state index contributed by atoms with van der Waals surface area (Å²) in [5.41, 5.74) is 0.502. The SMILES string of the molecule is CNC(C)C(C)C(CCCC(C)(C)C)C1CCC1. The zero-order chi connectivity index (χ0) is 13.8. The van der Waals surface area contributed by atoms with Crippen molar-refractivity contribution in [1.29, 1.82) is 0 Å². The minimum atomic E-state index is 0.502. The summed E-state index contributed by atoms with van der Waals surface area (Å²) < 4.78 is 0. The van der Waals surface area contributed by atoms with E-state index in [0.717, 1.165) is 17.8 Å². The topological polar surface area (TPSA) is 12.0 Å². The molecule has 1 rings (SSSR count). The first-order valence-corrected chi connectivity index (χ1v) is 8.02. The Morgan fingerprint density at radius 3 is 2.17 bits per heavy atom. The molecule has 1 nitrogen and oxygen atoms in total. The predicted molar refractivity (Wildman–Crippen MR) is 81.8 cm³/mol. The molecule has 0 aromatic carbocycles. The summed E-state index contributed by atoms with van der Waals surface area (Å²) in [6, 6.07) is 0.658. The predicted octanol–water partition coefficient (Wildman–Crippen LogP) is 4.86. The van der Waals surface area contributed by atoms with Gasteiger partial charge in [-0.15, -0.1) is 0 Å². The first-order valence-electron chi connectivity index (χ1n) is 8.02. The molecule has 1 N–H and O–H groups in total. The van der Waals surface area contributed by atoms with Crippen LogP contribution in [-0.4, -0.2) is 13.1 Å². The maximum Gasteiger partial charge on any atom is 0.00641 e. The second-order valence-electron chi connectivity index (χ2n) is 7.74. The summed E-state index contributed by atoms with van der Waals surface area (Å²) in [5.74, 6) is 2.79. The number of hydrogen-bond acceptors (Lipinski definition) is 1. The lowest BCUT2D eigenvalue weighted by Gasteiger charge is -2.40. The Morgan fingerprint density at radius 2 is 1.78 bits per heavy atom. The highest BCUT2D eigenvalue weighted by molar-refractivity contribution is 4.85. The van der Waals surface area contributed by atoms with Crippen LogP contribution < -0.4 is 5.32 Å². The van der Waals surface area contributed by atoms with E-state index >= 15 is 0 Å². The molecule has 1 fully saturated rings. The molecule has 0 heterocycles. The van der Waals surface area contributed by atoms with Crippen molar-refractivity contribution in [1.82, 2.24) is 5.32 Å². The molecule has 0 spiro atoms. The summed E-state index contributed by atoms with van der Waals surface area (Å²) in [6.45, 7) is 11.9. The molecular weight excluding hydrogens is 218 g/mol. The lowest BCUT2D eigenvalue weighted by molar-refractivity contribution is 0.117. The minimum absolute atomic E-state index is 0.502. The minimum Gasteiger partial charge on any atom is -0.317 e. The molecule has 3 atom stereocenters. The number of rotatable bonds is 7. The smallest absolute Gasteiger partial charge is 0.00641 e. The fourth-order valence-corrected chi connectivity index (χ4v) is 3.30. The molecule has 0 aromatic rings. The average molecular weight is 253 g/mol. The van der Waals surface area contributed by atoms with Crippen LogP contribution in [0.2, 0.25) is 0 Å². The maximum absolute atomic E-state index is 3.45. The van der Waals surface area contributed by atoms with Gasteiger partial charge in [-0.25, -0.2) is 0 Å². The van der Waals surface area contributed by atoms with E-state index in [4.69, 9.17) is 0 Å². The first kappa shape index (κ1) is 16.0. The van der Waals surface area contributed by atoms with Crippen LogP contribution >= 0.6 is 0 Å². The van der Waals surface area contributed by atoms with Gasteiger partial charge in [-0.05, 0) is 50.0 Å². The largest absolute Gasteiger partial charge is 0.317 e. The summed E-state index contributed by atoms with van der Waals surface area (Å²) in [6.07, 6.45) is 8.67. The Hall–Kier alpha value is -0.0400. The van der Waals surface area contributed by atoms with Crippen LogP contribution in [-0.2, 0) is 0 Å². The first-order chi connectivity index (χ1) is 8.35. The van der Waals surface area contributed by atoms with Gasteiger partial charge in [-0.1, -0.05) is 53.4 Å². The van der Waals surface area contributed by atoms with Crippen LogP contribution in [0.15, 0.2) is 0 Å². The van der Waals surface area contributed by atoms with Gasteiger partial charge in [-0.2, -0.15) is 0 Å². The highest BCUT2D eigenvalue weighted by atomic mass is 14.9. The van der Waals surface area contributed by atoms with Crippen LogP contribution in [0.3, 0.4) is 0 Å². The van der Waals surface area contributed by atoms with E-state index in [9.17, 15) is 0 Å². The average Bonchev–Trinajstić information content (AvgIpc) is 2.21. The van der Waals surface area contributed by atoms with Crippen molar-refractivity contribution in [2.75, 3.05) is 7.05 Å². The molecule has 1 saturated carbocycles. The summed E-state index contributed by atoms with van der Waals surface area (Å²) >= 11 is 0. The number of hydrogen-bond donors (Lipinski definition) is 1. The zero-order valence-electron chi connectivity index (χ0n) is 13.6. The molecule has 3 unspecified atom stereocenters. The van der Waals surface area contributed by atoms with Crippen molar-refractivity contribution in [2.24, 2.45) is 23.2 Å². The van der Waals surface area contributed by atoms with Gasteiger partial charge < -0.3 is 5.32 Å². The van der Waals surface area contributed by atoms with Crippen LogP contribution in [0, 0.1) is 23.2 Å². The Bertz CT molecular complexity index is 224. The van der Waals surface area contributed by atoms with E-state index in [0.29, 0.717) is 11.5 Å². The second kappa shape index (κ2) is 6.93. The highest BCUT2D eigenvalue weighted by Gasteiger charge is 2.32. The molecule has 1 heteroatoms. The molecule has 0 amide bonds. The summed E-state index contributed by atoms with van der Waals surface area (Å²) in [4.78, 5) is 0. The van der Waals surface area contributed by atoms with Crippen molar-refractivity contribution in [3.8, 4) is 0 Å². The maximum atomic E-state index is 3.45. The molecule has 1 aliphatic carbocycles. The Kier molecular flexibility index (Phi) is 6.17. The Morgan fingerprint density at radius 1 is 1.17 bits per heavy atom. The highest BCUT2D eigenvalue weighted by Crippen LogP contribution is 2.41. The molecule has 0 saturated heterocycles. The lowest BCUT2D eigenvalue weighted by Crippen LogP contribution is -2.38. The van der Waals surface area contributed by atoms with Crippen LogP contribution in [0.5, 0.6) is 0 Å². The van der Waals surface area contributed by atoms with Crippen molar-refractivity contribution in [3.63, 3.8) is 0 Å². The zero-order valence-corrected chi connectivity index (χ0v) is 13.6. The van der Waals surface area contributed by atoms with Crippen molar-refractivity contribution >= 4 is 0 Å². The van der Waals surface area contributed by atoms with Gasteiger partial charge >= 0.3 is 0 Å². The van der Waals surface area contributed by atoms with E-state index < -0.39 is 0 Å². The van der Waals surface area contributed by atoms with Crippen molar-refractivity contribution in [3.05, 3.63) is 0 Å². The van der Waals surface area contributed by atoms with Crippen LogP contribution in [0.4, 0.5) is 0 Å². The molecular formula is C17H35N. The van der Waals surface area contributed by atoms with E-state index in [2.05, 4.69) is 47.0 Å². The third-order valence-electron chi connectivity index (χ3n) is 5.14. The van der Waals surface area contributed by atoms with Gasteiger partial charge in [0.1, 0.15) is 0 Å². The van der Waals surface area contributed by atoms with Gasteiger partial charge in [0.25, 0.3) is 0 Å². The molecule has 0 bridgehead atoms. The molecule has 18 heavy (non-hydrogen) atoms.